The Kier molecular flexibility index (Phi) is 6.71. The summed E-state index contributed by atoms with van der Waals surface area (Å²) in [7, 11) is 0. The van der Waals surface area contributed by atoms with Crippen molar-refractivity contribution in [3.8, 4) is 0 Å². The molecule has 1 unspecified atom stereocenters. The van der Waals surface area contributed by atoms with Gasteiger partial charge < -0.3 is 10.0 Å². The highest BCUT2D eigenvalue weighted by Gasteiger charge is 2.45. The third kappa shape index (κ3) is 5.14. The van der Waals surface area contributed by atoms with Crippen LogP contribution in [0.3, 0.4) is 0 Å². The number of likely N-dealkylation sites (tertiary alicyclic amines) is 1. The highest BCUT2D eigenvalue weighted by Crippen LogP contribution is 2.33. The summed E-state index contributed by atoms with van der Waals surface area (Å²) in [5.41, 5.74) is -0.468. The molecule has 22 heavy (non-hydrogen) atoms. The molecule has 1 rings (SSSR count). The standard InChI is InChI=1S/C16H28F3NO2/c1-4-5-6-9-15(2,3)14(22)20-10-7-12(8-11-20)13(21)16(17,18)19/h12-13,21H,4-11H2,1-3H3. The van der Waals surface area contributed by atoms with Gasteiger partial charge in [0.25, 0.3) is 0 Å². The maximum absolute atomic E-state index is 12.5. The number of carbonyl (C=O) groups excluding carboxylic acids is 1. The van der Waals surface area contributed by atoms with E-state index in [1.165, 1.54) is 0 Å². The van der Waals surface area contributed by atoms with Gasteiger partial charge in [-0.3, -0.25) is 4.79 Å². The van der Waals surface area contributed by atoms with Gasteiger partial charge in [0, 0.05) is 18.5 Å². The summed E-state index contributed by atoms with van der Waals surface area (Å²) in [6.45, 7) is 6.51. The maximum Gasteiger partial charge on any atom is 0.414 e. The number of amides is 1. The number of piperidine rings is 1. The van der Waals surface area contributed by atoms with E-state index in [4.69, 9.17) is 0 Å². The predicted octanol–water partition coefficient (Wildman–Crippen LogP) is 3.75. The molecule has 1 aliphatic rings. The number of carbonyl (C=O) groups is 1. The molecule has 1 saturated heterocycles. The minimum Gasteiger partial charge on any atom is -0.383 e. The van der Waals surface area contributed by atoms with Crippen molar-refractivity contribution in [2.24, 2.45) is 11.3 Å². The highest BCUT2D eigenvalue weighted by molar-refractivity contribution is 5.82. The normalized spacial score (nSPS) is 19.3. The molecule has 1 fully saturated rings. The summed E-state index contributed by atoms with van der Waals surface area (Å²) in [6, 6.07) is 0. The van der Waals surface area contributed by atoms with Crippen LogP contribution in [-0.4, -0.2) is 41.3 Å². The largest absolute Gasteiger partial charge is 0.414 e. The first-order chi connectivity index (χ1) is 10.1. The quantitative estimate of drug-likeness (QED) is 0.756. The third-order valence-corrected chi connectivity index (χ3v) is 4.59. The van der Waals surface area contributed by atoms with Gasteiger partial charge in [-0.25, -0.2) is 0 Å². The first-order valence-electron chi connectivity index (χ1n) is 8.13. The average molecular weight is 323 g/mol. The van der Waals surface area contributed by atoms with Crippen molar-refractivity contribution in [1.82, 2.24) is 4.90 Å². The second-order valence-corrected chi connectivity index (χ2v) is 6.96. The van der Waals surface area contributed by atoms with Crippen molar-refractivity contribution in [3.05, 3.63) is 0 Å². The van der Waals surface area contributed by atoms with Crippen LogP contribution in [0, 0.1) is 11.3 Å². The molecule has 0 bridgehead atoms. The molecular weight excluding hydrogens is 295 g/mol. The van der Waals surface area contributed by atoms with Gasteiger partial charge in [-0.2, -0.15) is 13.2 Å². The lowest BCUT2D eigenvalue weighted by Crippen LogP contribution is -2.48. The second kappa shape index (κ2) is 7.66. The lowest BCUT2D eigenvalue weighted by atomic mass is 9.83. The molecule has 0 aromatic carbocycles. The number of nitrogens with zero attached hydrogens (tertiary/aromatic N) is 1. The number of hydrogen-bond donors (Lipinski definition) is 1. The fraction of sp³-hybridized carbons (Fsp3) is 0.938. The Balaban J connectivity index is 2.51. The Morgan fingerprint density at radius 3 is 2.23 bits per heavy atom. The Hall–Kier alpha value is -0.780. The minimum absolute atomic E-state index is 0.0172. The van der Waals surface area contributed by atoms with Crippen LogP contribution < -0.4 is 0 Å². The summed E-state index contributed by atoms with van der Waals surface area (Å²) < 4.78 is 37.6. The SMILES string of the molecule is CCCCCC(C)(C)C(=O)N1CCC(C(O)C(F)(F)F)CC1. The molecule has 130 valence electrons. The molecule has 0 spiro atoms. The molecule has 0 aliphatic carbocycles. The third-order valence-electron chi connectivity index (χ3n) is 4.59. The van der Waals surface area contributed by atoms with Crippen molar-refractivity contribution in [2.45, 2.75) is 71.6 Å². The monoisotopic (exact) mass is 323 g/mol. The van der Waals surface area contributed by atoms with Crippen molar-refractivity contribution in [2.75, 3.05) is 13.1 Å². The average Bonchev–Trinajstić information content (AvgIpc) is 2.45. The molecule has 1 atom stereocenters. The number of rotatable bonds is 6. The molecule has 0 aromatic rings. The fourth-order valence-corrected chi connectivity index (χ4v) is 3.04. The Labute approximate surface area is 130 Å². The van der Waals surface area contributed by atoms with Gasteiger partial charge >= 0.3 is 6.18 Å². The molecule has 3 nitrogen and oxygen atoms in total. The Morgan fingerprint density at radius 1 is 1.23 bits per heavy atom. The van der Waals surface area contributed by atoms with E-state index in [2.05, 4.69) is 6.92 Å². The number of aliphatic hydroxyl groups is 1. The summed E-state index contributed by atoms with van der Waals surface area (Å²) in [5.74, 6) is -0.782. The maximum atomic E-state index is 12.5. The lowest BCUT2D eigenvalue weighted by molar-refractivity contribution is -0.223. The van der Waals surface area contributed by atoms with E-state index in [1.54, 1.807) is 4.90 Å². The van der Waals surface area contributed by atoms with Crippen LogP contribution in [0.5, 0.6) is 0 Å². The number of halogens is 3. The van der Waals surface area contributed by atoms with Gasteiger partial charge in [0.2, 0.25) is 5.91 Å². The van der Waals surface area contributed by atoms with E-state index in [0.29, 0.717) is 13.1 Å². The van der Waals surface area contributed by atoms with Crippen LogP contribution in [0.2, 0.25) is 0 Å². The van der Waals surface area contributed by atoms with E-state index in [0.717, 1.165) is 25.7 Å². The van der Waals surface area contributed by atoms with E-state index >= 15 is 0 Å². The van der Waals surface area contributed by atoms with Crippen LogP contribution in [0.1, 0.15) is 59.3 Å². The molecule has 1 N–H and O–H groups in total. The summed E-state index contributed by atoms with van der Waals surface area (Å²) in [6.07, 6.45) is -2.49. The Bertz CT molecular complexity index is 361. The molecule has 6 heteroatoms. The molecule has 1 aliphatic heterocycles. The van der Waals surface area contributed by atoms with Crippen molar-refractivity contribution in [3.63, 3.8) is 0 Å². The summed E-state index contributed by atoms with van der Waals surface area (Å²) in [5, 5.41) is 9.31. The molecule has 0 aromatic heterocycles. The van der Waals surface area contributed by atoms with Gasteiger partial charge in [-0.15, -0.1) is 0 Å². The van der Waals surface area contributed by atoms with E-state index in [1.807, 2.05) is 13.8 Å². The summed E-state index contributed by atoms with van der Waals surface area (Å²) in [4.78, 5) is 14.2. The smallest absolute Gasteiger partial charge is 0.383 e. The van der Waals surface area contributed by atoms with Gasteiger partial charge in [-0.1, -0.05) is 40.0 Å². The van der Waals surface area contributed by atoms with Crippen molar-refractivity contribution >= 4 is 5.91 Å². The van der Waals surface area contributed by atoms with E-state index in [-0.39, 0.29) is 18.7 Å². The second-order valence-electron chi connectivity index (χ2n) is 6.96. The minimum atomic E-state index is -4.57. The predicted molar refractivity (Wildman–Crippen MR) is 79.3 cm³/mol. The van der Waals surface area contributed by atoms with Crippen molar-refractivity contribution in [1.29, 1.82) is 0 Å². The molecular formula is C16H28F3NO2. The number of aliphatic hydroxyl groups excluding tert-OH is 1. The summed E-state index contributed by atoms with van der Waals surface area (Å²) >= 11 is 0. The zero-order valence-electron chi connectivity index (χ0n) is 13.7. The molecule has 0 saturated carbocycles. The first kappa shape index (κ1) is 19.3. The molecule has 1 heterocycles. The zero-order valence-corrected chi connectivity index (χ0v) is 13.7. The van der Waals surface area contributed by atoms with Crippen LogP contribution in [-0.2, 0) is 4.79 Å². The van der Waals surface area contributed by atoms with Gasteiger partial charge in [0.1, 0.15) is 0 Å². The number of hydrogen-bond acceptors (Lipinski definition) is 2. The molecule has 1 amide bonds. The lowest BCUT2D eigenvalue weighted by Gasteiger charge is -2.38. The van der Waals surface area contributed by atoms with Gasteiger partial charge in [-0.05, 0) is 25.2 Å². The molecule has 0 radical (unpaired) electrons. The first-order valence-corrected chi connectivity index (χ1v) is 8.13. The van der Waals surface area contributed by atoms with Crippen LogP contribution in [0.25, 0.3) is 0 Å². The van der Waals surface area contributed by atoms with Crippen LogP contribution in [0.4, 0.5) is 13.2 Å². The zero-order chi connectivity index (χ0) is 17.0. The van der Waals surface area contributed by atoms with Crippen LogP contribution >= 0.6 is 0 Å². The van der Waals surface area contributed by atoms with E-state index < -0.39 is 23.6 Å². The van der Waals surface area contributed by atoms with Crippen molar-refractivity contribution < 1.29 is 23.1 Å². The highest BCUT2D eigenvalue weighted by atomic mass is 19.4. The van der Waals surface area contributed by atoms with E-state index in [9.17, 15) is 23.1 Å². The Morgan fingerprint density at radius 2 is 1.77 bits per heavy atom. The fourth-order valence-electron chi connectivity index (χ4n) is 3.04. The van der Waals surface area contributed by atoms with Gasteiger partial charge in [0.15, 0.2) is 6.10 Å². The number of unbranched alkanes of at least 4 members (excludes halogenated alkanes) is 2. The number of alkyl halides is 3. The van der Waals surface area contributed by atoms with Gasteiger partial charge in [0.05, 0.1) is 0 Å². The topological polar surface area (TPSA) is 40.5 Å². The van der Waals surface area contributed by atoms with Crippen LogP contribution in [0.15, 0.2) is 0 Å².